The average Bonchev–Trinajstić information content (AvgIpc) is 2.91. The fraction of sp³-hybridized carbons (Fsp3) is 0.400. The van der Waals surface area contributed by atoms with Crippen molar-refractivity contribution < 1.29 is 17.5 Å². The van der Waals surface area contributed by atoms with Gasteiger partial charge in [-0.25, -0.2) is 0 Å². The lowest BCUT2D eigenvalue weighted by molar-refractivity contribution is -0.384. The number of benzene rings is 3. The Hall–Kier alpha value is -2.46. The van der Waals surface area contributed by atoms with Gasteiger partial charge in [-0.1, -0.05) is 101 Å². The molecule has 0 radical (unpaired) electrons. The highest BCUT2D eigenvalue weighted by atomic mass is 127. The molecule has 0 unspecified atom stereocenters. The molecule has 0 saturated carbocycles. The van der Waals surface area contributed by atoms with E-state index in [1.807, 2.05) is 30.3 Å². The first-order valence-electron chi connectivity index (χ1n) is 13.3. The molecule has 0 spiro atoms. The molecule has 0 amide bonds. The summed E-state index contributed by atoms with van der Waals surface area (Å²) in [6, 6.07) is 22.1. The van der Waals surface area contributed by atoms with Gasteiger partial charge in [-0.15, -0.1) is 0 Å². The average molecular weight is 652 g/mol. The minimum Gasteiger partial charge on any atom is -0.379 e. The van der Waals surface area contributed by atoms with Crippen molar-refractivity contribution in [3.8, 4) is 5.75 Å². The Morgan fingerprint density at radius 2 is 1.26 bits per heavy atom. The van der Waals surface area contributed by atoms with E-state index in [9.17, 15) is 18.5 Å². The molecule has 0 saturated heterocycles. The Balaban J connectivity index is 0.000000624. The molecule has 0 heterocycles. The van der Waals surface area contributed by atoms with Crippen LogP contribution < -0.4 is 4.18 Å². The van der Waals surface area contributed by atoms with Gasteiger partial charge in [0.15, 0.2) is 0 Å². The van der Waals surface area contributed by atoms with E-state index in [4.69, 9.17) is 4.18 Å². The molecule has 0 aliphatic heterocycles. The van der Waals surface area contributed by atoms with Crippen LogP contribution >= 0.6 is 22.6 Å². The van der Waals surface area contributed by atoms with Gasteiger partial charge >= 0.3 is 10.1 Å². The van der Waals surface area contributed by atoms with Crippen molar-refractivity contribution >= 4 is 38.4 Å². The summed E-state index contributed by atoms with van der Waals surface area (Å²) in [6.07, 6.45) is 12.9. The number of nitro groups is 1. The Morgan fingerprint density at radius 1 is 0.737 bits per heavy atom. The van der Waals surface area contributed by atoms with Crippen molar-refractivity contribution in [2.75, 3.05) is 0 Å². The summed E-state index contributed by atoms with van der Waals surface area (Å²) in [5.74, 6) is 0.0549. The van der Waals surface area contributed by atoms with Crippen LogP contribution in [0.3, 0.4) is 0 Å². The number of nitrogens with zero attached hydrogens (tertiary/aromatic N) is 1. The Kier molecular flexibility index (Phi) is 15.0. The number of hydrogen-bond acceptors (Lipinski definition) is 5. The van der Waals surface area contributed by atoms with Crippen LogP contribution in [-0.2, 0) is 16.5 Å². The van der Waals surface area contributed by atoms with E-state index in [2.05, 4.69) is 41.6 Å². The molecular weight excluding hydrogens is 613 g/mol. The van der Waals surface area contributed by atoms with Crippen molar-refractivity contribution in [1.29, 1.82) is 0 Å². The molecule has 0 N–H and O–H groups in total. The molecular formula is C30H38INO5S. The summed E-state index contributed by atoms with van der Waals surface area (Å²) in [4.78, 5) is 10.4. The van der Waals surface area contributed by atoms with E-state index in [-0.39, 0.29) is 16.3 Å². The van der Waals surface area contributed by atoms with Gasteiger partial charge < -0.3 is 4.18 Å². The highest BCUT2D eigenvalue weighted by molar-refractivity contribution is 14.1. The molecule has 38 heavy (non-hydrogen) atoms. The number of nitro benzene ring substituents is 1. The van der Waals surface area contributed by atoms with E-state index in [1.165, 1.54) is 79.2 Å². The van der Waals surface area contributed by atoms with Gasteiger partial charge in [-0.05, 0) is 71.3 Å². The fourth-order valence-corrected chi connectivity index (χ4v) is 5.57. The van der Waals surface area contributed by atoms with Crippen molar-refractivity contribution in [3.05, 3.63) is 98.1 Å². The summed E-state index contributed by atoms with van der Waals surface area (Å²) in [5.41, 5.74) is 0.620. The molecule has 0 aliphatic rings. The third-order valence-corrected chi connectivity index (χ3v) is 8.10. The summed E-state index contributed by atoms with van der Waals surface area (Å²) < 4.78 is 32.0. The van der Waals surface area contributed by atoms with Crippen molar-refractivity contribution in [2.24, 2.45) is 0 Å². The standard InChI is InChI=1S/C24H33NO5S.C6H5I/c1-2-3-4-5-6-7-8-9-10-11-14-21-15-12-13-16-24(21)31(28,29)30-23-19-17-22(18-20-23)25(26)27;7-6-4-2-1-3-5-6/h12-13,15-20H,2-11,14H2,1H3;1-5H. The van der Waals surface area contributed by atoms with Gasteiger partial charge in [0.1, 0.15) is 10.6 Å². The summed E-state index contributed by atoms with van der Waals surface area (Å²) in [5, 5.41) is 10.7. The Morgan fingerprint density at radius 3 is 1.79 bits per heavy atom. The Bertz CT molecular complexity index is 1180. The van der Waals surface area contributed by atoms with E-state index < -0.39 is 15.0 Å². The minimum absolute atomic E-state index is 0.0549. The zero-order valence-corrected chi connectivity index (χ0v) is 25.0. The first kappa shape index (κ1) is 31.8. The van der Waals surface area contributed by atoms with Crippen LogP contribution in [-0.4, -0.2) is 13.3 Å². The minimum atomic E-state index is -4.01. The highest BCUT2D eigenvalue weighted by Crippen LogP contribution is 2.25. The summed E-state index contributed by atoms with van der Waals surface area (Å²) in [7, 11) is -4.01. The monoisotopic (exact) mass is 651 g/mol. The predicted molar refractivity (Wildman–Crippen MR) is 162 cm³/mol. The summed E-state index contributed by atoms with van der Waals surface area (Å²) >= 11 is 2.28. The molecule has 0 aromatic heterocycles. The highest BCUT2D eigenvalue weighted by Gasteiger charge is 2.20. The number of aryl methyl sites for hydroxylation is 1. The first-order chi connectivity index (χ1) is 18.3. The Labute approximate surface area is 241 Å². The van der Waals surface area contributed by atoms with Crippen LogP contribution in [0.25, 0.3) is 0 Å². The zero-order chi connectivity index (χ0) is 27.6. The maximum absolute atomic E-state index is 12.8. The molecule has 0 aliphatic carbocycles. The molecule has 3 aromatic carbocycles. The molecule has 6 nitrogen and oxygen atoms in total. The van der Waals surface area contributed by atoms with Crippen LogP contribution in [0.5, 0.6) is 5.75 Å². The fourth-order valence-electron chi connectivity index (χ4n) is 3.97. The van der Waals surface area contributed by atoms with Gasteiger partial charge in [0.25, 0.3) is 5.69 Å². The lowest BCUT2D eigenvalue weighted by Crippen LogP contribution is -2.12. The number of hydrogen-bond donors (Lipinski definition) is 0. The van der Waals surface area contributed by atoms with Crippen LogP contribution in [0.15, 0.2) is 83.8 Å². The number of unbranched alkanes of at least 4 members (excludes halogenated alkanes) is 9. The quantitative estimate of drug-likeness (QED) is 0.0538. The second-order valence-corrected chi connectivity index (χ2v) is 11.9. The predicted octanol–water partition coefficient (Wildman–Crippen LogP) is 9.12. The molecule has 206 valence electrons. The molecule has 0 bridgehead atoms. The smallest absolute Gasteiger partial charge is 0.339 e. The molecule has 3 rings (SSSR count). The normalized spacial score (nSPS) is 10.9. The second kappa shape index (κ2) is 17.9. The van der Waals surface area contributed by atoms with Gasteiger partial charge in [0.05, 0.1) is 4.92 Å². The van der Waals surface area contributed by atoms with E-state index in [0.29, 0.717) is 6.42 Å². The van der Waals surface area contributed by atoms with E-state index in [0.717, 1.165) is 18.4 Å². The largest absolute Gasteiger partial charge is 0.379 e. The lowest BCUT2D eigenvalue weighted by Gasteiger charge is -2.11. The summed E-state index contributed by atoms with van der Waals surface area (Å²) in [6.45, 7) is 2.23. The van der Waals surface area contributed by atoms with Crippen molar-refractivity contribution in [3.63, 3.8) is 0 Å². The van der Waals surface area contributed by atoms with Crippen molar-refractivity contribution in [2.45, 2.75) is 82.4 Å². The van der Waals surface area contributed by atoms with Gasteiger partial charge in [-0.3, -0.25) is 10.1 Å². The zero-order valence-electron chi connectivity index (χ0n) is 22.1. The molecule has 3 aromatic rings. The lowest BCUT2D eigenvalue weighted by atomic mass is 10.0. The van der Waals surface area contributed by atoms with Crippen LogP contribution in [0, 0.1) is 13.7 Å². The van der Waals surface area contributed by atoms with Crippen LogP contribution in [0.4, 0.5) is 5.69 Å². The maximum Gasteiger partial charge on any atom is 0.339 e. The van der Waals surface area contributed by atoms with Gasteiger partial charge in [0, 0.05) is 15.7 Å². The van der Waals surface area contributed by atoms with E-state index in [1.54, 1.807) is 12.1 Å². The van der Waals surface area contributed by atoms with Gasteiger partial charge in [0.2, 0.25) is 0 Å². The SMILES string of the molecule is CCCCCCCCCCCCc1ccccc1S(=O)(=O)Oc1ccc([N+](=O)[O-])cc1.Ic1ccccc1. The molecule has 8 heteroatoms. The number of non-ortho nitro benzene ring substituents is 1. The third kappa shape index (κ3) is 12.4. The third-order valence-electron chi connectivity index (χ3n) is 6.03. The van der Waals surface area contributed by atoms with Crippen LogP contribution in [0.1, 0.15) is 76.7 Å². The number of rotatable bonds is 15. The molecule has 0 fully saturated rings. The maximum atomic E-state index is 12.8. The molecule has 0 atom stereocenters. The van der Waals surface area contributed by atoms with Crippen molar-refractivity contribution in [1.82, 2.24) is 0 Å². The van der Waals surface area contributed by atoms with Gasteiger partial charge in [-0.2, -0.15) is 8.42 Å². The topological polar surface area (TPSA) is 86.5 Å². The first-order valence-corrected chi connectivity index (χ1v) is 15.8. The van der Waals surface area contributed by atoms with Crippen LogP contribution in [0.2, 0.25) is 0 Å². The number of halogens is 1. The van der Waals surface area contributed by atoms with E-state index >= 15 is 0 Å². The second-order valence-electron chi connectivity index (χ2n) is 9.12.